The Hall–Kier alpha value is -1.53. The Morgan fingerprint density at radius 2 is 2.14 bits per heavy atom. The Morgan fingerprint density at radius 1 is 1.33 bits per heavy atom. The Labute approximate surface area is 132 Å². The fraction of sp³-hybridized carbons (Fsp3) is 0.357. The van der Waals surface area contributed by atoms with Crippen molar-refractivity contribution in [1.82, 2.24) is 20.5 Å². The maximum Gasteiger partial charge on any atom is 0.220 e. The van der Waals surface area contributed by atoms with E-state index in [0.717, 1.165) is 23.0 Å². The molecule has 0 aliphatic carbocycles. The molecule has 5 nitrogen and oxygen atoms in total. The lowest BCUT2D eigenvalue weighted by molar-refractivity contribution is -0.121. The van der Waals surface area contributed by atoms with Crippen LogP contribution in [0.15, 0.2) is 35.5 Å². The van der Waals surface area contributed by atoms with Crippen molar-refractivity contribution in [2.24, 2.45) is 0 Å². The Bertz CT molecular complexity index is 545. The van der Waals surface area contributed by atoms with Crippen LogP contribution in [0.25, 0.3) is 0 Å². The van der Waals surface area contributed by atoms with E-state index in [-0.39, 0.29) is 5.91 Å². The van der Waals surface area contributed by atoms with E-state index in [4.69, 9.17) is 11.6 Å². The quantitative estimate of drug-likeness (QED) is 0.578. The summed E-state index contributed by atoms with van der Waals surface area (Å²) in [6.07, 6.45) is 3.52. The minimum absolute atomic E-state index is 0.0752. The Balaban J connectivity index is 1.53. The Morgan fingerprint density at radius 3 is 2.86 bits per heavy atom. The van der Waals surface area contributed by atoms with Crippen LogP contribution in [-0.2, 0) is 11.2 Å². The molecule has 0 radical (unpaired) electrons. The van der Waals surface area contributed by atoms with Gasteiger partial charge < -0.3 is 5.32 Å². The van der Waals surface area contributed by atoms with Crippen molar-refractivity contribution in [3.8, 4) is 0 Å². The average molecular weight is 325 g/mol. The fourth-order valence-corrected chi connectivity index (χ4v) is 2.69. The lowest BCUT2D eigenvalue weighted by atomic mass is 10.3. The van der Waals surface area contributed by atoms with Crippen molar-refractivity contribution in [3.05, 3.63) is 41.4 Å². The number of thioether (sulfide) groups is 1. The highest BCUT2D eigenvalue weighted by molar-refractivity contribution is 7.99. The molecule has 7 heteroatoms. The zero-order valence-corrected chi connectivity index (χ0v) is 13.1. The van der Waals surface area contributed by atoms with E-state index >= 15 is 0 Å². The van der Waals surface area contributed by atoms with Gasteiger partial charge in [0.2, 0.25) is 5.91 Å². The molecular formula is C14H17ClN4OS. The zero-order chi connectivity index (χ0) is 14.9. The minimum atomic E-state index is 0.0752. The molecule has 0 atom stereocenters. The summed E-state index contributed by atoms with van der Waals surface area (Å²) < 4.78 is 0. The van der Waals surface area contributed by atoms with E-state index in [1.165, 1.54) is 11.2 Å². The van der Waals surface area contributed by atoms with Gasteiger partial charge in [0.25, 0.3) is 0 Å². The summed E-state index contributed by atoms with van der Waals surface area (Å²) in [4.78, 5) is 16.8. The highest BCUT2D eigenvalue weighted by Gasteiger charge is 2.02. The van der Waals surface area contributed by atoms with Crippen molar-refractivity contribution in [2.75, 3.05) is 12.3 Å². The fourth-order valence-electron chi connectivity index (χ4n) is 1.71. The van der Waals surface area contributed by atoms with Crippen molar-refractivity contribution < 1.29 is 4.79 Å². The molecule has 112 valence electrons. The van der Waals surface area contributed by atoms with E-state index in [9.17, 15) is 4.79 Å². The third kappa shape index (κ3) is 6.18. The molecule has 0 fully saturated rings. The van der Waals surface area contributed by atoms with Crippen LogP contribution in [0, 0.1) is 0 Å². The van der Waals surface area contributed by atoms with Crippen LogP contribution in [0.3, 0.4) is 0 Å². The number of hydrogen-bond donors (Lipinski definition) is 2. The SMILES string of the molecule is O=C(CCCSc1ccc(Cl)cc1)NCCc1ncn[nH]1. The van der Waals surface area contributed by atoms with Crippen LogP contribution in [0.5, 0.6) is 0 Å². The van der Waals surface area contributed by atoms with Gasteiger partial charge in [-0.3, -0.25) is 9.89 Å². The molecule has 1 aromatic heterocycles. The first-order valence-corrected chi connectivity index (χ1v) is 8.10. The highest BCUT2D eigenvalue weighted by Crippen LogP contribution is 2.21. The molecule has 0 bridgehead atoms. The number of carbonyl (C=O) groups excluding carboxylic acids is 1. The molecule has 1 aromatic carbocycles. The molecule has 0 spiro atoms. The number of rotatable bonds is 8. The number of carbonyl (C=O) groups is 1. The molecule has 2 N–H and O–H groups in total. The number of halogens is 1. The summed E-state index contributed by atoms with van der Waals surface area (Å²) in [5, 5.41) is 10.1. The van der Waals surface area contributed by atoms with Crippen LogP contribution < -0.4 is 5.32 Å². The first-order chi connectivity index (χ1) is 10.2. The molecule has 2 rings (SSSR count). The second kappa shape index (κ2) is 8.69. The average Bonchev–Trinajstić information content (AvgIpc) is 2.99. The monoisotopic (exact) mass is 324 g/mol. The van der Waals surface area contributed by atoms with E-state index in [0.29, 0.717) is 19.4 Å². The van der Waals surface area contributed by atoms with Gasteiger partial charge in [0, 0.05) is 29.3 Å². The van der Waals surface area contributed by atoms with Gasteiger partial charge in [0.1, 0.15) is 12.2 Å². The molecule has 0 aliphatic heterocycles. The van der Waals surface area contributed by atoms with Crippen LogP contribution in [0.1, 0.15) is 18.7 Å². The molecule has 0 saturated heterocycles. The van der Waals surface area contributed by atoms with E-state index in [1.54, 1.807) is 11.8 Å². The molecule has 1 heterocycles. The predicted octanol–water partition coefficient (Wildman–Crippen LogP) is 2.69. The van der Waals surface area contributed by atoms with Gasteiger partial charge in [-0.25, -0.2) is 4.98 Å². The van der Waals surface area contributed by atoms with Crippen molar-refractivity contribution in [3.63, 3.8) is 0 Å². The summed E-state index contributed by atoms with van der Waals surface area (Å²) in [5.74, 6) is 1.77. The number of H-pyrrole nitrogens is 1. The van der Waals surface area contributed by atoms with Crippen molar-refractivity contribution in [1.29, 1.82) is 0 Å². The standard InChI is InChI=1S/C14H17ClN4OS/c15-11-3-5-12(6-4-11)21-9-1-2-14(20)16-8-7-13-17-10-18-19-13/h3-6,10H,1-2,7-9H2,(H,16,20)(H,17,18,19). The number of hydrogen-bond acceptors (Lipinski definition) is 4. The van der Waals surface area contributed by atoms with Gasteiger partial charge >= 0.3 is 0 Å². The van der Waals surface area contributed by atoms with Crippen LogP contribution in [-0.4, -0.2) is 33.4 Å². The van der Waals surface area contributed by atoms with E-state index in [1.807, 2.05) is 24.3 Å². The first-order valence-electron chi connectivity index (χ1n) is 6.73. The summed E-state index contributed by atoms with van der Waals surface area (Å²) in [5.41, 5.74) is 0. The smallest absolute Gasteiger partial charge is 0.220 e. The maximum absolute atomic E-state index is 11.6. The highest BCUT2D eigenvalue weighted by atomic mass is 35.5. The normalized spacial score (nSPS) is 10.5. The zero-order valence-electron chi connectivity index (χ0n) is 11.5. The van der Waals surface area contributed by atoms with Gasteiger partial charge in [-0.2, -0.15) is 5.10 Å². The first kappa shape index (κ1) is 15.9. The molecule has 0 unspecified atom stereocenters. The summed E-state index contributed by atoms with van der Waals surface area (Å²) in [6.45, 7) is 0.582. The second-order valence-corrected chi connectivity index (χ2v) is 6.04. The second-order valence-electron chi connectivity index (χ2n) is 4.44. The number of aromatic nitrogens is 3. The number of nitrogens with zero attached hydrogens (tertiary/aromatic N) is 2. The van der Waals surface area contributed by atoms with Gasteiger partial charge in [-0.05, 0) is 36.4 Å². The van der Waals surface area contributed by atoms with Gasteiger partial charge in [-0.15, -0.1) is 11.8 Å². The van der Waals surface area contributed by atoms with Crippen LogP contribution >= 0.6 is 23.4 Å². The molecule has 21 heavy (non-hydrogen) atoms. The van der Waals surface area contributed by atoms with Gasteiger partial charge in [0.05, 0.1) is 0 Å². The van der Waals surface area contributed by atoms with Gasteiger partial charge in [-0.1, -0.05) is 11.6 Å². The summed E-state index contributed by atoms with van der Waals surface area (Å²) in [6, 6.07) is 7.73. The largest absolute Gasteiger partial charge is 0.356 e. The van der Waals surface area contributed by atoms with E-state index < -0.39 is 0 Å². The molecular weight excluding hydrogens is 308 g/mol. The lowest BCUT2D eigenvalue weighted by Gasteiger charge is -2.04. The van der Waals surface area contributed by atoms with Crippen LogP contribution in [0.2, 0.25) is 5.02 Å². The summed E-state index contributed by atoms with van der Waals surface area (Å²) in [7, 11) is 0. The molecule has 0 saturated carbocycles. The molecule has 0 aliphatic rings. The molecule has 2 aromatic rings. The van der Waals surface area contributed by atoms with E-state index in [2.05, 4.69) is 20.5 Å². The number of aromatic amines is 1. The van der Waals surface area contributed by atoms with Crippen LogP contribution in [0.4, 0.5) is 0 Å². The predicted molar refractivity (Wildman–Crippen MR) is 84.5 cm³/mol. The van der Waals surface area contributed by atoms with Crippen molar-refractivity contribution >= 4 is 29.3 Å². The number of nitrogens with one attached hydrogen (secondary N) is 2. The van der Waals surface area contributed by atoms with Gasteiger partial charge in [0.15, 0.2) is 0 Å². The topological polar surface area (TPSA) is 70.7 Å². The Kier molecular flexibility index (Phi) is 6.56. The lowest BCUT2D eigenvalue weighted by Crippen LogP contribution is -2.25. The molecule has 1 amide bonds. The third-order valence-electron chi connectivity index (χ3n) is 2.78. The third-order valence-corrected chi connectivity index (χ3v) is 4.13. The number of benzene rings is 1. The number of amides is 1. The maximum atomic E-state index is 11.6. The minimum Gasteiger partial charge on any atom is -0.356 e. The summed E-state index contributed by atoms with van der Waals surface area (Å²) >= 11 is 7.56. The van der Waals surface area contributed by atoms with Crippen molar-refractivity contribution in [2.45, 2.75) is 24.2 Å².